The molecule has 2 unspecified atom stereocenters. The molecule has 0 radical (unpaired) electrons. The number of halogens is 1. The van der Waals surface area contributed by atoms with Gasteiger partial charge in [-0.3, -0.25) is 4.79 Å². The van der Waals surface area contributed by atoms with Gasteiger partial charge < -0.3 is 9.84 Å². The number of carbonyl (C=O) groups excluding carboxylic acids is 1. The Bertz CT molecular complexity index is 462. The lowest BCUT2D eigenvalue weighted by Crippen LogP contribution is -2.48. The summed E-state index contributed by atoms with van der Waals surface area (Å²) in [4.78, 5) is 11.9. The molecule has 2 atom stereocenters. The van der Waals surface area contributed by atoms with E-state index in [0.29, 0.717) is 18.6 Å². The lowest BCUT2D eigenvalue weighted by atomic mass is 10.00. The lowest BCUT2D eigenvalue weighted by Gasteiger charge is -2.28. The molecule has 18 heavy (non-hydrogen) atoms. The molecule has 1 aromatic rings. The molecule has 0 amide bonds. The van der Waals surface area contributed by atoms with Gasteiger partial charge in [0, 0.05) is 0 Å². The fraction of sp³-hybridized carbons (Fsp3) is 0.462. The van der Waals surface area contributed by atoms with Gasteiger partial charge in [-0.1, -0.05) is 0 Å². The average molecular weight is 270 g/mol. The van der Waals surface area contributed by atoms with Crippen molar-refractivity contribution in [3.8, 4) is 5.75 Å². The smallest absolute Gasteiger partial charge is 0.209 e. The monoisotopic (exact) mass is 270 g/mol. The third kappa shape index (κ3) is 2.67. The molecule has 1 aromatic carbocycles. The van der Waals surface area contributed by atoms with Crippen LogP contribution < -0.4 is 9.84 Å². The summed E-state index contributed by atoms with van der Waals surface area (Å²) >= 11 is 0. The van der Waals surface area contributed by atoms with E-state index in [0.717, 1.165) is 5.56 Å². The second-order valence-corrected chi connectivity index (χ2v) is 6.70. The molecule has 1 aliphatic heterocycles. The average Bonchev–Trinajstić information content (AvgIpc) is 2.36. The van der Waals surface area contributed by atoms with Crippen LogP contribution in [0.4, 0.5) is 4.39 Å². The van der Waals surface area contributed by atoms with E-state index in [1.807, 2.05) is 0 Å². The quantitative estimate of drug-likeness (QED) is 0.758. The first kappa shape index (κ1) is 13.4. The molecular weight excluding hydrogens is 255 g/mol. The fourth-order valence-corrected chi connectivity index (χ4v) is 2.56. The molecule has 2 rings (SSSR count). The summed E-state index contributed by atoms with van der Waals surface area (Å²) in [6.07, 6.45) is 3.84. The number of ketones is 1. The van der Waals surface area contributed by atoms with E-state index < -0.39 is 28.2 Å². The Kier molecular flexibility index (Phi) is 3.92. The predicted octanol–water partition coefficient (Wildman–Crippen LogP) is 0.653. The van der Waals surface area contributed by atoms with Gasteiger partial charge in [0.25, 0.3) is 0 Å². The van der Waals surface area contributed by atoms with Crippen LogP contribution in [-0.2, 0) is 22.1 Å². The molecule has 1 aliphatic rings. The van der Waals surface area contributed by atoms with Gasteiger partial charge in [-0.25, -0.2) is 4.39 Å². The number of Topliss-reactive ketones (excluding diaryl/α,β-unsaturated/α-hetero) is 1. The topological polar surface area (TPSA) is 49.4 Å². The van der Waals surface area contributed by atoms with E-state index in [9.17, 15) is 14.3 Å². The highest BCUT2D eigenvalue weighted by Crippen LogP contribution is 2.28. The van der Waals surface area contributed by atoms with Crippen LogP contribution in [-0.4, -0.2) is 29.8 Å². The molecule has 98 valence electrons. The normalized spacial score (nSPS) is 20.2. The summed E-state index contributed by atoms with van der Waals surface area (Å²) < 4.78 is 18.5. The summed E-state index contributed by atoms with van der Waals surface area (Å²) in [7, 11) is -0.499. The van der Waals surface area contributed by atoms with Crippen molar-refractivity contribution < 1.29 is 19.0 Å². The number of ether oxygens (including phenoxy) is 1. The molecule has 0 spiro atoms. The van der Waals surface area contributed by atoms with Crippen molar-refractivity contribution in [2.24, 2.45) is 0 Å². The van der Waals surface area contributed by atoms with Gasteiger partial charge in [-0.15, -0.1) is 0 Å². The van der Waals surface area contributed by atoms with Gasteiger partial charge in [-0.2, -0.15) is 0 Å². The van der Waals surface area contributed by atoms with Crippen LogP contribution in [0.5, 0.6) is 5.75 Å². The van der Waals surface area contributed by atoms with Crippen molar-refractivity contribution in [3.63, 3.8) is 0 Å². The molecular formula is C13H15FO3S. The largest absolute Gasteiger partial charge is 0.805 e. The maximum atomic E-state index is 13.0. The predicted molar refractivity (Wildman–Crippen MR) is 67.1 cm³/mol. The van der Waals surface area contributed by atoms with E-state index >= 15 is 0 Å². The number of aryl methyl sites for hydroxylation is 1. The highest BCUT2D eigenvalue weighted by atomic mass is 32.2. The number of benzene rings is 1. The van der Waals surface area contributed by atoms with Crippen LogP contribution in [0.25, 0.3) is 0 Å². The summed E-state index contributed by atoms with van der Waals surface area (Å²) in [6.45, 7) is 0. The molecule has 1 heterocycles. The Labute approximate surface area is 108 Å². The van der Waals surface area contributed by atoms with Crippen LogP contribution >= 0.6 is 0 Å². The Hall–Kier alpha value is -1.07. The Balaban J connectivity index is 2.12. The second-order valence-electron chi connectivity index (χ2n) is 4.51. The Morgan fingerprint density at radius 2 is 2.28 bits per heavy atom. The SMILES string of the molecule is C[S+](C)C([O-])C(=O)C1CCc2cc(F)ccc2O1. The van der Waals surface area contributed by atoms with E-state index in [1.165, 1.54) is 18.2 Å². The van der Waals surface area contributed by atoms with Gasteiger partial charge >= 0.3 is 0 Å². The first-order chi connectivity index (χ1) is 8.49. The van der Waals surface area contributed by atoms with E-state index in [4.69, 9.17) is 4.74 Å². The maximum absolute atomic E-state index is 13.0. The minimum absolute atomic E-state index is 0.313. The highest BCUT2D eigenvalue weighted by molar-refractivity contribution is 7.96. The molecule has 3 nitrogen and oxygen atoms in total. The summed E-state index contributed by atoms with van der Waals surface area (Å²) in [5, 5.41) is 11.7. The molecule has 0 N–H and O–H groups in total. The number of hydrogen-bond donors (Lipinski definition) is 0. The second kappa shape index (κ2) is 5.28. The summed E-state index contributed by atoms with van der Waals surface area (Å²) in [5.41, 5.74) is -0.467. The van der Waals surface area contributed by atoms with E-state index in [1.54, 1.807) is 12.5 Å². The van der Waals surface area contributed by atoms with Crippen molar-refractivity contribution in [2.75, 3.05) is 12.5 Å². The zero-order valence-electron chi connectivity index (χ0n) is 10.3. The summed E-state index contributed by atoms with van der Waals surface area (Å²) in [6, 6.07) is 4.22. The first-order valence-electron chi connectivity index (χ1n) is 5.70. The van der Waals surface area contributed by atoms with Crippen LogP contribution in [0.3, 0.4) is 0 Å². The van der Waals surface area contributed by atoms with E-state index in [-0.39, 0.29) is 5.82 Å². The number of rotatable bonds is 3. The standard InChI is InChI=1S/C13H15FO3S/c1-18(2)13(16)12(15)11-5-3-8-7-9(14)4-6-10(8)17-11/h4,6-7,11,13H,3,5H2,1-2H3. The van der Waals surface area contributed by atoms with Gasteiger partial charge in [0.2, 0.25) is 5.78 Å². The molecule has 0 bridgehead atoms. The van der Waals surface area contributed by atoms with Crippen LogP contribution in [0.2, 0.25) is 0 Å². The minimum atomic E-state index is -1.23. The molecule has 0 saturated carbocycles. The number of fused-ring (bicyclic) bond motifs is 1. The van der Waals surface area contributed by atoms with Crippen molar-refractivity contribution in [2.45, 2.75) is 24.4 Å². The third-order valence-corrected chi connectivity index (χ3v) is 4.03. The van der Waals surface area contributed by atoms with Crippen molar-refractivity contribution in [1.82, 2.24) is 0 Å². The third-order valence-electron chi connectivity index (χ3n) is 2.95. The van der Waals surface area contributed by atoms with Crippen LogP contribution in [0.15, 0.2) is 18.2 Å². The first-order valence-corrected chi connectivity index (χ1v) is 7.80. The number of carbonyl (C=O) groups is 1. The zero-order valence-corrected chi connectivity index (χ0v) is 11.1. The van der Waals surface area contributed by atoms with Gasteiger partial charge in [0.15, 0.2) is 6.10 Å². The molecule has 5 heteroatoms. The molecule has 0 saturated heterocycles. The molecule has 0 fully saturated rings. The Morgan fingerprint density at radius 1 is 1.56 bits per heavy atom. The van der Waals surface area contributed by atoms with Crippen LogP contribution in [0, 0.1) is 5.82 Å². The maximum Gasteiger partial charge on any atom is 0.209 e. The van der Waals surface area contributed by atoms with Gasteiger partial charge in [0.1, 0.15) is 17.0 Å². The van der Waals surface area contributed by atoms with Gasteiger partial charge in [0.05, 0.1) is 12.5 Å². The zero-order chi connectivity index (χ0) is 13.3. The highest BCUT2D eigenvalue weighted by Gasteiger charge is 2.31. The van der Waals surface area contributed by atoms with Crippen molar-refractivity contribution in [3.05, 3.63) is 29.6 Å². The summed E-state index contributed by atoms with van der Waals surface area (Å²) in [5.74, 6) is -0.189. The fourth-order valence-electron chi connectivity index (χ4n) is 1.94. The van der Waals surface area contributed by atoms with Crippen LogP contribution in [0.1, 0.15) is 12.0 Å². The Morgan fingerprint density at radius 3 is 2.94 bits per heavy atom. The van der Waals surface area contributed by atoms with Crippen molar-refractivity contribution >= 4 is 16.7 Å². The van der Waals surface area contributed by atoms with E-state index in [2.05, 4.69) is 0 Å². The molecule has 0 aromatic heterocycles. The minimum Gasteiger partial charge on any atom is -0.805 e. The van der Waals surface area contributed by atoms with Crippen molar-refractivity contribution in [1.29, 1.82) is 0 Å². The molecule has 0 aliphatic carbocycles. The number of hydrogen-bond acceptors (Lipinski definition) is 3. The lowest BCUT2D eigenvalue weighted by molar-refractivity contribution is -0.373. The van der Waals surface area contributed by atoms with Gasteiger partial charge in [-0.05, 0) is 47.5 Å².